The van der Waals surface area contributed by atoms with Crippen LogP contribution < -0.4 is 9.47 Å². The fourth-order valence-corrected chi connectivity index (χ4v) is 2.50. The fraction of sp³-hybridized carbons (Fsp3) is 0.300. The number of esters is 1. The van der Waals surface area contributed by atoms with E-state index in [1.54, 1.807) is 50.5 Å². The highest BCUT2D eigenvalue weighted by Gasteiger charge is 2.27. The van der Waals surface area contributed by atoms with Crippen molar-refractivity contribution in [2.75, 3.05) is 28.3 Å². The molecule has 0 fully saturated rings. The Labute approximate surface area is 153 Å². The summed E-state index contributed by atoms with van der Waals surface area (Å²) in [6.45, 7) is 1.83. The molecule has 6 heteroatoms. The summed E-state index contributed by atoms with van der Waals surface area (Å²) in [5.74, 6) is 0.0549. The average Bonchev–Trinajstić information content (AvgIpc) is 2.66. The second kappa shape index (κ2) is 8.38. The lowest BCUT2D eigenvalue weighted by Gasteiger charge is -2.21. The summed E-state index contributed by atoms with van der Waals surface area (Å²) in [4.78, 5) is 26.6. The van der Waals surface area contributed by atoms with Gasteiger partial charge in [-0.2, -0.15) is 0 Å². The molecule has 0 aliphatic heterocycles. The summed E-state index contributed by atoms with van der Waals surface area (Å²) in [5.41, 5.74) is 1.62. The molecule has 0 aromatic heterocycles. The van der Waals surface area contributed by atoms with E-state index in [1.165, 1.54) is 19.1 Å². The molecule has 6 nitrogen and oxygen atoms in total. The van der Waals surface area contributed by atoms with Gasteiger partial charge in [0.15, 0.2) is 0 Å². The number of ether oxygens (including phenoxy) is 3. The molecule has 138 valence electrons. The zero-order chi connectivity index (χ0) is 19.3. The van der Waals surface area contributed by atoms with E-state index in [2.05, 4.69) is 0 Å². The van der Waals surface area contributed by atoms with E-state index < -0.39 is 12.1 Å². The van der Waals surface area contributed by atoms with Gasteiger partial charge in [0.1, 0.15) is 11.5 Å². The molecular weight excluding hydrogens is 334 g/mol. The van der Waals surface area contributed by atoms with Crippen molar-refractivity contribution in [2.24, 2.45) is 0 Å². The van der Waals surface area contributed by atoms with E-state index >= 15 is 0 Å². The van der Waals surface area contributed by atoms with Crippen LogP contribution in [0.25, 0.3) is 0 Å². The number of amides is 1. The number of rotatable bonds is 6. The SMILES string of the molecule is COc1cc(C(=O)OC(C(=O)N(C)C)c2ccccc2)cc(OC)c1C. The Balaban J connectivity index is 2.37. The van der Waals surface area contributed by atoms with E-state index in [9.17, 15) is 9.59 Å². The summed E-state index contributed by atoms with van der Waals surface area (Å²) in [7, 11) is 6.26. The molecule has 2 rings (SSSR count). The van der Waals surface area contributed by atoms with E-state index in [4.69, 9.17) is 14.2 Å². The van der Waals surface area contributed by atoms with Crippen molar-refractivity contribution in [2.45, 2.75) is 13.0 Å². The number of methoxy groups -OCH3 is 2. The zero-order valence-corrected chi connectivity index (χ0v) is 15.6. The molecule has 0 saturated heterocycles. The smallest absolute Gasteiger partial charge is 0.339 e. The van der Waals surface area contributed by atoms with Gasteiger partial charge in [-0.25, -0.2) is 4.79 Å². The first-order valence-corrected chi connectivity index (χ1v) is 8.08. The van der Waals surface area contributed by atoms with Crippen LogP contribution in [-0.2, 0) is 9.53 Å². The van der Waals surface area contributed by atoms with Gasteiger partial charge in [-0.15, -0.1) is 0 Å². The molecule has 26 heavy (non-hydrogen) atoms. The van der Waals surface area contributed by atoms with E-state index in [0.717, 1.165) is 5.56 Å². The molecule has 0 spiro atoms. The number of benzene rings is 2. The summed E-state index contributed by atoms with van der Waals surface area (Å²) in [5, 5.41) is 0. The molecule has 0 bridgehead atoms. The highest BCUT2D eigenvalue weighted by Crippen LogP contribution is 2.31. The molecule has 0 radical (unpaired) electrons. The normalized spacial score (nSPS) is 11.4. The van der Waals surface area contributed by atoms with E-state index in [0.29, 0.717) is 17.1 Å². The third-order valence-electron chi connectivity index (χ3n) is 3.98. The number of nitrogens with zero attached hydrogens (tertiary/aromatic N) is 1. The van der Waals surface area contributed by atoms with Gasteiger partial charge in [0, 0.05) is 25.2 Å². The highest BCUT2D eigenvalue weighted by molar-refractivity contribution is 5.93. The Kier molecular flexibility index (Phi) is 6.22. The van der Waals surface area contributed by atoms with Gasteiger partial charge in [0.05, 0.1) is 19.8 Å². The average molecular weight is 357 g/mol. The Morgan fingerprint density at radius 2 is 1.50 bits per heavy atom. The molecule has 1 atom stereocenters. The number of carbonyl (C=O) groups excluding carboxylic acids is 2. The van der Waals surface area contributed by atoms with Crippen LogP contribution >= 0.6 is 0 Å². The quantitative estimate of drug-likeness (QED) is 0.744. The predicted octanol–water partition coefficient (Wildman–Crippen LogP) is 3.00. The van der Waals surface area contributed by atoms with Crippen LogP contribution in [0.1, 0.15) is 27.6 Å². The van der Waals surface area contributed by atoms with Gasteiger partial charge in [-0.05, 0) is 19.1 Å². The molecule has 0 heterocycles. The van der Waals surface area contributed by atoms with Crippen LogP contribution in [0.5, 0.6) is 11.5 Å². The molecule has 2 aromatic carbocycles. The van der Waals surface area contributed by atoms with Crippen molar-refractivity contribution < 1.29 is 23.8 Å². The number of hydrogen-bond acceptors (Lipinski definition) is 5. The second-order valence-corrected chi connectivity index (χ2v) is 5.93. The standard InChI is InChI=1S/C20H23NO5/c1-13-16(24-4)11-15(12-17(13)25-5)20(23)26-18(19(22)21(2)3)14-9-7-6-8-10-14/h6-12,18H,1-5H3. The lowest BCUT2D eigenvalue weighted by Crippen LogP contribution is -2.31. The highest BCUT2D eigenvalue weighted by atomic mass is 16.5. The Morgan fingerprint density at radius 3 is 1.96 bits per heavy atom. The van der Waals surface area contributed by atoms with Crippen LogP contribution in [0.2, 0.25) is 0 Å². The van der Waals surface area contributed by atoms with Crippen molar-refractivity contribution in [3.63, 3.8) is 0 Å². The predicted molar refractivity (Wildman–Crippen MR) is 97.6 cm³/mol. The van der Waals surface area contributed by atoms with E-state index in [-0.39, 0.29) is 11.5 Å². The largest absolute Gasteiger partial charge is 0.496 e. The third kappa shape index (κ3) is 4.14. The fourth-order valence-electron chi connectivity index (χ4n) is 2.50. The van der Waals surface area contributed by atoms with Crippen LogP contribution in [0.4, 0.5) is 0 Å². The van der Waals surface area contributed by atoms with Gasteiger partial charge in [-0.3, -0.25) is 4.79 Å². The number of carbonyl (C=O) groups is 2. The molecule has 2 aromatic rings. The minimum Gasteiger partial charge on any atom is -0.496 e. The van der Waals surface area contributed by atoms with Crippen LogP contribution in [0.15, 0.2) is 42.5 Å². The van der Waals surface area contributed by atoms with Gasteiger partial charge >= 0.3 is 5.97 Å². The molecule has 0 N–H and O–H groups in total. The second-order valence-electron chi connectivity index (χ2n) is 5.93. The third-order valence-corrected chi connectivity index (χ3v) is 3.98. The maximum absolute atomic E-state index is 12.7. The minimum absolute atomic E-state index is 0.247. The first-order chi connectivity index (χ1) is 12.4. The Bertz CT molecular complexity index is 761. The van der Waals surface area contributed by atoms with Gasteiger partial charge in [0.25, 0.3) is 5.91 Å². The van der Waals surface area contributed by atoms with Crippen LogP contribution in [-0.4, -0.2) is 45.1 Å². The summed E-state index contributed by atoms with van der Waals surface area (Å²) in [6, 6.07) is 12.0. The minimum atomic E-state index is -1.03. The first kappa shape index (κ1) is 19.3. The van der Waals surface area contributed by atoms with Crippen LogP contribution in [0.3, 0.4) is 0 Å². The summed E-state index contributed by atoms with van der Waals surface area (Å²) in [6.07, 6.45) is -1.03. The monoisotopic (exact) mass is 357 g/mol. The number of likely N-dealkylation sites (N-methyl/N-ethyl adjacent to an activating group) is 1. The lowest BCUT2D eigenvalue weighted by atomic mass is 10.1. The Morgan fingerprint density at radius 1 is 0.962 bits per heavy atom. The topological polar surface area (TPSA) is 65.1 Å². The maximum Gasteiger partial charge on any atom is 0.339 e. The molecule has 0 aliphatic carbocycles. The maximum atomic E-state index is 12.7. The molecule has 0 saturated carbocycles. The summed E-state index contributed by atoms with van der Waals surface area (Å²) < 4.78 is 16.1. The van der Waals surface area contributed by atoms with Gasteiger partial charge < -0.3 is 19.1 Å². The van der Waals surface area contributed by atoms with Crippen molar-refractivity contribution in [3.05, 3.63) is 59.2 Å². The number of hydrogen-bond donors (Lipinski definition) is 0. The van der Waals surface area contributed by atoms with Gasteiger partial charge in [0.2, 0.25) is 6.10 Å². The molecule has 1 amide bonds. The Hall–Kier alpha value is -3.02. The van der Waals surface area contributed by atoms with Crippen molar-refractivity contribution >= 4 is 11.9 Å². The zero-order valence-electron chi connectivity index (χ0n) is 15.6. The molecule has 1 unspecified atom stereocenters. The molecular formula is C20H23NO5. The summed E-state index contributed by atoms with van der Waals surface area (Å²) >= 11 is 0. The van der Waals surface area contributed by atoms with Crippen molar-refractivity contribution in [1.29, 1.82) is 0 Å². The molecule has 0 aliphatic rings. The van der Waals surface area contributed by atoms with Crippen molar-refractivity contribution in [1.82, 2.24) is 4.90 Å². The van der Waals surface area contributed by atoms with E-state index in [1.807, 2.05) is 13.0 Å². The van der Waals surface area contributed by atoms with Crippen molar-refractivity contribution in [3.8, 4) is 11.5 Å². The first-order valence-electron chi connectivity index (χ1n) is 8.08. The van der Waals surface area contributed by atoms with Gasteiger partial charge in [-0.1, -0.05) is 30.3 Å². The van der Waals surface area contributed by atoms with Crippen LogP contribution in [0, 0.1) is 6.92 Å². The lowest BCUT2D eigenvalue weighted by molar-refractivity contribution is -0.138.